The van der Waals surface area contributed by atoms with Crippen LogP contribution in [-0.2, 0) is 6.54 Å². The van der Waals surface area contributed by atoms with Crippen LogP contribution in [-0.4, -0.2) is 53.2 Å². The molecule has 0 radical (unpaired) electrons. The summed E-state index contributed by atoms with van der Waals surface area (Å²) in [6.45, 7) is 7.69. The summed E-state index contributed by atoms with van der Waals surface area (Å²) in [5.41, 5.74) is 0.726. The third-order valence-electron chi connectivity index (χ3n) is 8.36. The van der Waals surface area contributed by atoms with Crippen molar-refractivity contribution in [3.8, 4) is 11.1 Å². The van der Waals surface area contributed by atoms with Crippen LogP contribution >= 0.6 is 0 Å². The molecule has 3 aromatic rings. The molecule has 9 heteroatoms. The lowest BCUT2D eigenvalue weighted by Gasteiger charge is -2.50. The number of rotatable bonds is 8. The van der Waals surface area contributed by atoms with Gasteiger partial charge in [-0.3, -0.25) is 0 Å². The molecule has 2 aliphatic rings. The second-order valence-corrected chi connectivity index (χ2v) is 10.8. The highest BCUT2D eigenvalue weighted by molar-refractivity contribution is 5.75. The quantitative estimate of drug-likeness (QED) is 0.254. The first-order valence-electron chi connectivity index (χ1n) is 14.0. The van der Waals surface area contributed by atoms with Gasteiger partial charge in [-0.2, -0.15) is 4.98 Å². The molecule has 2 fully saturated rings. The smallest absolute Gasteiger partial charge is 0.227 e. The van der Waals surface area contributed by atoms with E-state index in [9.17, 15) is 17.6 Å². The molecule has 208 valence electrons. The van der Waals surface area contributed by atoms with Crippen molar-refractivity contribution in [1.82, 2.24) is 9.97 Å². The maximum atomic E-state index is 14.7. The Bertz CT molecular complexity index is 1280. The minimum atomic E-state index is -0.741. The molecule has 5 rings (SSSR count). The Morgan fingerprint density at radius 2 is 1.59 bits per heavy atom. The normalized spacial score (nSPS) is 17.8. The van der Waals surface area contributed by atoms with Gasteiger partial charge < -0.3 is 14.7 Å². The van der Waals surface area contributed by atoms with E-state index < -0.39 is 23.3 Å². The Hall–Kier alpha value is -3.20. The molecule has 0 atom stereocenters. The van der Waals surface area contributed by atoms with Crippen molar-refractivity contribution in [3.63, 3.8) is 0 Å². The van der Waals surface area contributed by atoms with Gasteiger partial charge in [0, 0.05) is 67.5 Å². The highest BCUT2D eigenvalue weighted by Crippen LogP contribution is 2.33. The van der Waals surface area contributed by atoms with E-state index in [1.807, 2.05) is 0 Å². The fourth-order valence-corrected chi connectivity index (χ4v) is 6.38. The van der Waals surface area contributed by atoms with E-state index >= 15 is 0 Å². The molecule has 2 saturated heterocycles. The Labute approximate surface area is 227 Å². The van der Waals surface area contributed by atoms with Gasteiger partial charge in [0.05, 0.1) is 25.7 Å². The molecule has 1 aromatic heterocycles. The van der Waals surface area contributed by atoms with Crippen LogP contribution in [0.2, 0.25) is 0 Å². The zero-order valence-corrected chi connectivity index (χ0v) is 22.4. The summed E-state index contributed by atoms with van der Waals surface area (Å²) >= 11 is 0. The minimum absolute atomic E-state index is 0.0114. The summed E-state index contributed by atoms with van der Waals surface area (Å²) in [7, 11) is 0. The first-order valence-corrected chi connectivity index (χ1v) is 14.0. The lowest BCUT2D eigenvalue weighted by Crippen LogP contribution is -2.61. The molecule has 2 aliphatic heterocycles. The Balaban J connectivity index is 1.38. The van der Waals surface area contributed by atoms with Crippen molar-refractivity contribution < 1.29 is 22.0 Å². The highest BCUT2D eigenvalue weighted by atomic mass is 19.1. The number of hydrogen-bond acceptors (Lipinski definition) is 4. The summed E-state index contributed by atoms with van der Waals surface area (Å²) in [5.74, 6) is -1.95. The molecule has 3 heterocycles. The van der Waals surface area contributed by atoms with Crippen molar-refractivity contribution in [3.05, 3.63) is 71.4 Å². The number of halogens is 4. The molecular weight excluding hydrogens is 506 g/mol. The number of piperidine rings is 2. The summed E-state index contributed by atoms with van der Waals surface area (Å²) in [5, 5.41) is 3.09. The van der Waals surface area contributed by atoms with E-state index in [0.717, 1.165) is 38.1 Å². The molecular formula is C30H36F4N5+. The van der Waals surface area contributed by atoms with Gasteiger partial charge >= 0.3 is 0 Å². The molecule has 39 heavy (non-hydrogen) atoms. The average molecular weight is 543 g/mol. The number of nitrogens with zero attached hydrogens (tertiary/aromatic N) is 4. The predicted octanol–water partition coefficient (Wildman–Crippen LogP) is 6.69. The van der Waals surface area contributed by atoms with Gasteiger partial charge in [-0.15, -0.1) is 0 Å². The molecule has 2 aromatic carbocycles. The third-order valence-corrected chi connectivity index (χ3v) is 8.36. The van der Waals surface area contributed by atoms with Gasteiger partial charge in [0.1, 0.15) is 29.1 Å². The Morgan fingerprint density at radius 3 is 2.26 bits per heavy atom. The summed E-state index contributed by atoms with van der Waals surface area (Å²) in [4.78, 5) is 11.4. The number of anilines is 2. The number of likely N-dealkylation sites (tertiary alicyclic amines) is 1. The predicted molar refractivity (Wildman–Crippen MR) is 145 cm³/mol. The lowest BCUT2D eigenvalue weighted by atomic mass is 9.95. The van der Waals surface area contributed by atoms with Gasteiger partial charge in [-0.1, -0.05) is 13.0 Å². The minimum Gasteiger partial charge on any atom is -0.365 e. The van der Waals surface area contributed by atoms with E-state index in [0.29, 0.717) is 23.4 Å². The van der Waals surface area contributed by atoms with Crippen molar-refractivity contribution in [1.29, 1.82) is 0 Å². The SMILES string of the molecule is CCC[N+]1(C2CCN(c3ncc(-c4ccc(F)cc4F)c(NCc4ccc(F)cc4F)n3)CC2)CCCCC1. The first-order chi connectivity index (χ1) is 18.9. The molecule has 0 bridgehead atoms. The van der Waals surface area contributed by atoms with E-state index in [4.69, 9.17) is 4.98 Å². The molecule has 0 spiro atoms. The topological polar surface area (TPSA) is 41.1 Å². The summed E-state index contributed by atoms with van der Waals surface area (Å²) in [6.07, 6.45) is 8.76. The van der Waals surface area contributed by atoms with Gasteiger partial charge in [-0.05, 0) is 43.9 Å². The van der Waals surface area contributed by atoms with Crippen LogP contribution in [0, 0.1) is 23.3 Å². The fraction of sp³-hybridized carbons (Fsp3) is 0.467. The monoisotopic (exact) mass is 542 g/mol. The highest BCUT2D eigenvalue weighted by Gasteiger charge is 2.39. The zero-order chi connectivity index (χ0) is 27.4. The van der Waals surface area contributed by atoms with E-state index in [1.165, 1.54) is 80.3 Å². The largest absolute Gasteiger partial charge is 0.365 e. The standard InChI is InChI=1S/C30H36F4N5/c1-2-14-39(15-4-3-5-16-39)24-10-12-38(13-11-24)30-36-20-26(25-9-8-23(32)18-28(25)34)29(37-30)35-19-21-6-7-22(31)17-27(21)33/h6-9,17-18,20,24H,2-5,10-16,19H2,1H3,(H,35,36,37)/q+1. The van der Waals surface area contributed by atoms with E-state index in [-0.39, 0.29) is 17.7 Å². The number of nitrogens with one attached hydrogen (secondary N) is 1. The number of quaternary nitrogens is 1. The Morgan fingerprint density at radius 1 is 0.897 bits per heavy atom. The second kappa shape index (κ2) is 11.9. The van der Waals surface area contributed by atoms with E-state index in [1.54, 1.807) is 0 Å². The van der Waals surface area contributed by atoms with Crippen molar-refractivity contribution >= 4 is 11.8 Å². The van der Waals surface area contributed by atoms with Crippen LogP contribution < -0.4 is 10.2 Å². The maximum Gasteiger partial charge on any atom is 0.227 e. The van der Waals surface area contributed by atoms with Crippen LogP contribution in [0.3, 0.4) is 0 Å². The van der Waals surface area contributed by atoms with Crippen LogP contribution in [0.25, 0.3) is 11.1 Å². The zero-order valence-electron chi connectivity index (χ0n) is 22.4. The van der Waals surface area contributed by atoms with Crippen LogP contribution in [0.5, 0.6) is 0 Å². The maximum absolute atomic E-state index is 14.7. The van der Waals surface area contributed by atoms with Gasteiger partial charge in [-0.25, -0.2) is 22.5 Å². The lowest BCUT2D eigenvalue weighted by molar-refractivity contribution is -0.956. The first kappa shape index (κ1) is 27.4. The fourth-order valence-electron chi connectivity index (χ4n) is 6.38. The number of hydrogen-bond donors (Lipinski definition) is 1. The third kappa shape index (κ3) is 6.03. The van der Waals surface area contributed by atoms with Crippen LogP contribution in [0.1, 0.15) is 51.0 Å². The summed E-state index contributed by atoms with van der Waals surface area (Å²) < 4.78 is 57.2. The van der Waals surface area contributed by atoms with Crippen LogP contribution in [0.15, 0.2) is 42.6 Å². The summed E-state index contributed by atoms with van der Waals surface area (Å²) in [6, 6.07) is 7.33. The Kier molecular flexibility index (Phi) is 8.35. The number of benzene rings is 2. The van der Waals surface area contributed by atoms with Crippen LogP contribution in [0.4, 0.5) is 29.3 Å². The molecule has 0 aliphatic carbocycles. The molecule has 5 nitrogen and oxygen atoms in total. The second-order valence-electron chi connectivity index (χ2n) is 10.8. The van der Waals surface area contributed by atoms with Gasteiger partial charge in [0.2, 0.25) is 5.95 Å². The van der Waals surface area contributed by atoms with Crippen molar-refractivity contribution in [2.24, 2.45) is 0 Å². The molecule has 0 unspecified atom stereocenters. The van der Waals surface area contributed by atoms with Gasteiger partial charge in [0.25, 0.3) is 0 Å². The average Bonchev–Trinajstić information content (AvgIpc) is 2.93. The molecule has 0 saturated carbocycles. The molecule has 1 N–H and O–H groups in total. The van der Waals surface area contributed by atoms with Crippen molar-refractivity contribution in [2.75, 3.05) is 42.9 Å². The van der Waals surface area contributed by atoms with Crippen molar-refractivity contribution in [2.45, 2.75) is 58.0 Å². The molecule has 0 amide bonds. The number of aromatic nitrogens is 2. The van der Waals surface area contributed by atoms with Gasteiger partial charge in [0.15, 0.2) is 0 Å². The van der Waals surface area contributed by atoms with E-state index in [2.05, 4.69) is 22.1 Å².